The van der Waals surface area contributed by atoms with Crippen LogP contribution in [0.4, 0.5) is 0 Å². The van der Waals surface area contributed by atoms with Gasteiger partial charge in [0.1, 0.15) is 11.4 Å². The lowest BCUT2D eigenvalue weighted by Crippen LogP contribution is -1.95. The molecular weight excluding hydrogens is 232 g/mol. The summed E-state index contributed by atoms with van der Waals surface area (Å²) in [6.45, 7) is 0. The van der Waals surface area contributed by atoms with Crippen molar-refractivity contribution in [1.29, 1.82) is 0 Å². The van der Waals surface area contributed by atoms with Gasteiger partial charge in [-0.2, -0.15) is 5.10 Å². The van der Waals surface area contributed by atoms with Crippen molar-refractivity contribution in [1.82, 2.24) is 20.2 Å². The van der Waals surface area contributed by atoms with Gasteiger partial charge in [0.2, 0.25) is 5.82 Å². The van der Waals surface area contributed by atoms with Crippen molar-refractivity contribution < 1.29 is 0 Å². The number of aromatic nitrogens is 4. The molecule has 3 heterocycles. The number of rotatable bonds is 2. The quantitative estimate of drug-likeness (QED) is 0.691. The average molecular weight is 240 g/mol. The summed E-state index contributed by atoms with van der Waals surface area (Å²) in [5, 5.41) is 9.98. The monoisotopic (exact) mass is 240 g/mol. The normalized spacial score (nSPS) is 10.4. The largest absolute Gasteiger partial charge is 0.253 e. The van der Waals surface area contributed by atoms with Gasteiger partial charge in [-0.25, -0.2) is 4.98 Å². The number of nitrogens with zero attached hydrogens (tertiary/aromatic N) is 4. The van der Waals surface area contributed by atoms with Crippen molar-refractivity contribution in [3.8, 4) is 22.1 Å². The maximum absolute atomic E-state index is 4.46. The van der Waals surface area contributed by atoms with Gasteiger partial charge in [-0.3, -0.25) is 4.98 Å². The molecule has 0 bridgehead atoms. The van der Waals surface area contributed by atoms with E-state index in [0.717, 1.165) is 16.3 Å². The highest BCUT2D eigenvalue weighted by molar-refractivity contribution is 7.13. The maximum Gasteiger partial charge on any atom is 0.200 e. The predicted octanol–water partition coefficient (Wildman–Crippen LogP) is 2.66. The Bertz CT molecular complexity index is 607. The van der Waals surface area contributed by atoms with Crippen molar-refractivity contribution >= 4 is 11.3 Å². The van der Waals surface area contributed by atoms with E-state index in [1.165, 1.54) is 0 Å². The fraction of sp³-hybridized carbons (Fsp3) is 0. The van der Waals surface area contributed by atoms with Crippen LogP contribution in [0.5, 0.6) is 0 Å². The van der Waals surface area contributed by atoms with Gasteiger partial charge in [-0.1, -0.05) is 12.1 Å². The van der Waals surface area contributed by atoms with Gasteiger partial charge in [0.15, 0.2) is 0 Å². The van der Waals surface area contributed by atoms with E-state index in [2.05, 4.69) is 20.2 Å². The molecule has 0 aromatic carbocycles. The first-order valence-corrected chi connectivity index (χ1v) is 5.96. The molecule has 0 amide bonds. The third-order valence-corrected chi connectivity index (χ3v) is 3.12. The van der Waals surface area contributed by atoms with Gasteiger partial charge in [-0.15, -0.1) is 16.4 Å². The van der Waals surface area contributed by atoms with Crippen molar-refractivity contribution in [2.45, 2.75) is 0 Å². The highest BCUT2D eigenvalue weighted by Gasteiger charge is 2.06. The third kappa shape index (κ3) is 2.05. The molecule has 0 aliphatic carbocycles. The summed E-state index contributed by atoms with van der Waals surface area (Å²) in [4.78, 5) is 9.75. The van der Waals surface area contributed by atoms with E-state index >= 15 is 0 Å². The Hall–Kier alpha value is -2.14. The second kappa shape index (κ2) is 4.39. The Morgan fingerprint density at radius 1 is 1.00 bits per heavy atom. The lowest BCUT2D eigenvalue weighted by molar-refractivity contribution is 0.976. The van der Waals surface area contributed by atoms with Crippen LogP contribution in [0.15, 0.2) is 48.1 Å². The van der Waals surface area contributed by atoms with Crippen LogP contribution in [0.3, 0.4) is 0 Å². The second-order valence-electron chi connectivity index (χ2n) is 3.36. The Morgan fingerprint density at radius 3 is 2.76 bits per heavy atom. The SMILES string of the molecule is c1ccc(-c2nncc(-c3cccs3)n2)nc1. The Labute approximate surface area is 102 Å². The van der Waals surface area contributed by atoms with Crippen LogP contribution in [0.1, 0.15) is 0 Å². The zero-order valence-corrected chi connectivity index (χ0v) is 9.63. The summed E-state index contributed by atoms with van der Waals surface area (Å²) in [6.07, 6.45) is 3.38. The van der Waals surface area contributed by atoms with Crippen molar-refractivity contribution in [2.24, 2.45) is 0 Å². The standard InChI is InChI=1S/C12H8N4S/c1-2-6-13-9(4-1)12-15-10(8-14-16-12)11-5-3-7-17-11/h1-8H. The van der Waals surface area contributed by atoms with Crippen LogP contribution in [-0.2, 0) is 0 Å². The first-order valence-electron chi connectivity index (χ1n) is 5.08. The highest BCUT2D eigenvalue weighted by Crippen LogP contribution is 2.22. The molecule has 0 spiro atoms. The van der Waals surface area contributed by atoms with Gasteiger partial charge in [0.25, 0.3) is 0 Å². The topological polar surface area (TPSA) is 51.6 Å². The van der Waals surface area contributed by atoms with Crippen molar-refractivity contribution in [3.63, 3.8) is 0 Å². The van der Waals surface area contributed by atoms with Gasteiger partial charge in [-0.05, 0) is 23.6 Å². The molecule has 0 radical (unpaired) electrons. The highest BCUT2D eigenvalue weighted by atomic mass is 32.1. The Kier molecular flexibility index (Phi) is 2.59. The maximum atomic E-state index is 4.46. The number of hydrogen-bond acceptors (Lipinski definition) is 5. The summed E-state index contributed by atoms with van der Waals surface area (Å²) in [5.41, 5.74) is 1.56. The first kappa shape index (κ1) is 10.0. The molecule has 0 saturated heterocycles. The van der Waals surface area contributed by atoms with Gasteiger partial charge >= 0.3 is 0 Å². The first-order chi connectivity index (χ1) is 8.43. The van der Waals surface area contributed by atoms with Gasteiger partial charge < -0.3 is 0 Å². The molecule has 0 aliphatic heterocycles. The van der Waals surface area contributed by atoms with Crippen LogP contribution in [-0.4, -0.2) is 20.2 Å². The zero-order valence-electron chi connectivity index (χ0n) is 8.82. The van der Waals surface area contributed by atoms with E-state index in [9.17, 15) is 0 Å². The molecule has 0 fully saturated rings. The Morgan fingerprint density at radius 2 is 2.00 bits per heavy atom. The van der Waals surface area contributed by atoms with Gasteiger partial charge in [0, 0.05) is 6.20 Å². The lowest BCUT2D eigenvalue weighted by atomic mass is 10.3. The molecule has 3 aromatic rings. The molecule has 3 rings (SSSR count). The number of hydrogen-bond donors (Lipinski definition) is 0. The van der Waals surface area contributed by atoms with Gasteiger partial charge in [0.05, 0.1) is 11.1 Å². The summed E-state index contributed by atoms with van der Waals surface area (Å²) in [5.74, 6) is 0.552. The fourth-order valence-electron chi connectivity index (χ4n) is 1.45. The summed E-state index contributed by atoms with van der Waals surface area (Å²) >= 11 is 1.63. The van der Waals surface area contributed by atoms with E-state index in [4.69, 9.17) is 0 Å². The van der Waals surface area contributed by atoms with E-state index < -0.39 is 0 Å². The van der Waals surface area contributed by atoms with Crippen LogP contribution >= 0.6 is 11.3 Å². The molecule has 0 aliphatic rings. The van der Waals surface area contributed by atoms with Crippen LogP contribution in [0.2, 0.25) is 0 Å². The Balaban J connectivity index is 2.06. The third-order valence-electron chi connectivity index (χ3n) is 2.23. The average Bonchev–Trinajstić information content (AvgIpc) is 2.94. The van der Waals surface area contributed by atoms with Crippen molar-refractivity contribution in [2.75, 3.05) is 0 Å². The van der Waals surface area contributed by atoms with Crippen LogP contribution in [0.25, 0.3) is 22.1 Å². The second-order valence-corrected chi connectivity index (χ2v) is 4.31. The minimum atomic E-state index is 0.552. The van der Waals surface area contributed by atoms with E-state index in [1.807, 2.05) is 35.7 Å². The molecule has 0 saturated carbocycles. The van der Waals surface area contributed by atoms with E-state index in [0.29, 0.717) is 5.82 Å². The molecule has 3 aromatic heterocycles. The number of pyridine rings is 1. The summed E-state index contributed by atoms with van der Waals surface area (Å²) in [6, 6.07) is 9.64. The minimum Gasteiger partial charge on any atom is -0.253 e. The summed E-state index contributed by atoms with van der Waals surface area (Å²) < 4.78 is 0. The van der Waals surface area contributed by atoms with Crippen LogP contribution < -0.4 is 0 Å². The molecule has 82 valence electrons. The number of thiophene rings is 1. The van der Waals surface area contributed by atoms with E-state index in [1.54, 1.807) is 23.7 Å². The van der Waals surface area contributed by atoms with E-state index in [-0.39, 0.29) is 0 Å². The molecule has 0 N–H and O–H groups in total. The molecule has 5 heteroatoms. The molecule has 17 heavy (non-hydrogen) atoms. The zero-order chi connectivity index (χ0) is 11.5. The molecule has 0 unspecified atom stereocenters. The smallest absolute Gasteiger partial charge is 0.200 e. The fourth-order valence-corrected chi connectivity index (χ4v) is 2.13. The minimum absolute atomic E-state index is 0.552. The predicted molar refractivity (Wildman–Crippen MR) is 66.4 cm³/mol. The molecule has 4 nitrogen and oxygen atoms in total. The van der Waals surface area contributed by atoms with Crippen molar-refractivity contribution in [3.05, 3.63) is 48.1 Å². The molecule has 0 atom stereocenters. The van der Waals surface area contributed by atoms with Crippen LogP contribution in [0, 0.1) is 0 Å². The lowest BCUT2D eigenvalue weighted by Gasteiger charge is -1.99. The summed E-state index contributed by atoms with van der Waals surface area (Å²) in [7, 11) is 0. The molecular formula is C12H8N4S.